The van der Waals surface area contributed by atoms with E-state index in [1.807, 2.05) is 55.4 Å². The Morgan fingerprint density at radius 3 is 2.17 bits per heavy atom. The number of carbonyl (C=O) groups excluding carboxylic acids is 6. The number of fused-ring (bicyclic) bond motifs is 1. The van der Waals surface area contributed by atoms with Gasteiger partial charge in [-0.3, -0.25) is 19.2 Å². The molecule has 0 aromatic heterocycles. The molecule has 1 saturated heterocycles. The highest BCUT2D eigenvalue weighted by atomic mass is 16.7. The summed E-state index contributed by atoms with van der Waals surface area (Å²) in [5.74, 6) is -2.70. The summed E-state index contributed by atoms with van der Waals surface area (Å²) in [5.41, 5.74) is -0.944. The third kappa shape index (κ3) is 9.68. The minimum atomic E-state index is -1.05. The Morgan fingerprint density at radius 2 is 1.65 bits per heavy atom. The van der Waals surface area contributed by atoms with Crippen LogP contribution >= 0.6 is 0 Å². The van der Waals surface area contributed by atoms with Gasteiger partial charge in [-0.15, -0.1) is 6.58 Å². The third-order valence-electron chi connectivity index (χ3n) is 8.82. The first kappa shape index (κ1) is 38.5. The summed E-state index contributed by atoms with van der Waals surface area (Å²) in [6, 6.07) is -4.13. The first-order valence-corrected chi connectivity index (χ1v) is 16.2. The van der Waals surface area contributed by atoms with Gasteiger partial charge in [0.2, 0.25) is 17.6 Å². The predicted octanol–water partition coefficient (Wildman–Crippen LogP) is 2.93. The van der Waals surface area contributed by atoms with Crippen molar-refractivity contribution in [1.29, 1.82) is 0 Å². The Morgan fingerprint density at radius 1 is 1.02 bits per heavy atom. The van der Waals surface area contributed by atoms with E-state index < -0.39 is 65.3 Å². The molecule has 6 atom stereocenters. The topological polar surface area (TPSA) is 172 Å². The monoisotopic (exact) mass is 649 g/mol. The Kier molecular flexibility index (Phi) is 13.2. The highest BCUT2D eigenvalue weighted by Gasteiger charge is 2.70. The standard InChI is InChI=1S/C33H55N5O8/c1-12-14-21(25(39)28(41)34-15-13-2)35-27(40)24-23-20(33(23,10)11)16-38(24)29(42)26(32(7,8)9)37-30(43)36-22(18(3)4)17-45-31(44)46-19(5)6/h13,18-24,26H,2,12,14-17H2,1,3-11H3,(H,34,41)(H,35,40)(H2,36,37,43)/t20-,21?,22+,23-,24-,26+/m0/s1. The van der Waals surface area contributed by atoms with E-state index in [9.17, 15) is 28.8 Å². The molecule has 1 saturated carbocycles. The van der Waals surface area contributed by atoms with Gasteiger partial charge in [-0.1, -0.05) is 67.9 Å². The Hall–Kier alpha value is -3.64. The molecule has 0 aromatic rings. The molecule has 2 rings (SSSR count). The normalized spacial score (nSPS) is 21.7. The number of amides is 5. The van der Waals surface area contributed by atoms with E-state index in [1.165, 1.54) is 11.0 Å². The van der Waals surface area contributed by atoms with Crippen LogP contribution in [0.4, 0.5) is 9.59 Å². The van der Waals surface area contributed by atoms with Crippen molar-refractivity contribution in [2.24, 2.45) is 28.6 Å². The number of ether oxygens (including phenoxy) is 2. The fourth-order valence-corrected chi connectivity index (χ4v) is 5.98. The summed E-state index contributed by atoms with van der Waals surface area (Å²) in [7, 11) is 0. The molecule has 1 heterocycles. The van der Waals surface area contributed by atoms with Crippen LogP contribution in [0, 0.1) is 28.6 Å². The number of ketones is 1. The smallest absolute Gasteiger partial charge is 0.432 e. The first-order valence-electron chi connectivity index (χ1n) is 16.2. The number of nitrogens with one attached hydrogen (secondary N) is 4. The number of rotatable bonds is 15. The van der Waals surface area contributed by atoms with Gasteiger partial charge in [-0.2, -0.15) is 0 Å². The van der Waals surface area contributed by atoms with E-state index in [1.54, 1.807) is 13.8 Å². The van der Waals surface area contributed by atoms with Crippen LogP contribution in [0.3, 0.4) is 0 Å². The van der Waals surface area contributed by atoms with Gasteiger partial charge < -0.3 is 35.6 Å². The van der Waals surface area contributed by atoms with Gasteiger partial charge in [0.1, 0.15) is 18.7 Å². The molecular weight excluding hydrogens is 594 g/mol. The third-order valence-corrected chi connectivity index (χ3v) is 8.82. The van der Waals surface area contributed by atoms with E-state index in [4.69, 9.17) is 9.47 Å². The number of carbonyl (C=O) groups is 6. The van der Waals surface area contributed by atoms with E-state index in [0.29, 0.717) is 13.0 Å². The Labute approximate surface area is 273 Å². The lowest BCUT2D eigenvalue weighted by Gasteiger charge is -2.38. The minimum absolute atomic E-state index is 0.0610. The Bertz CT molecular complexity index is 1160. The fraction of sp³-hybridized carbons (Fsp3) is 0.758. The maximum absolute atomic E-state index is 14.2. The number of likely N-dealkylation sites (tertiary alicyclic amines) is 1. The minimum Gasteiger partial charge on any atom is -0.432 e. The van der Waals surface area contributed by atoms with Crippen LogP contribution in [0.15, 0.2) is 12.7 Å². The first-order chi connectivity index (χ1) is 21.3. The van der Waals surface area contributed by atoms with E-state index in [0.717, 1.165) is 0 Å². The molecule has 2 fully saturated rings. The van der Waals surface area contributed by atoms with Crippen molar-refractivity contribution in [2.45, 2.75) is 112 Å². The van der Waals surface area contributed by atoms with Gasteiger partial charge in [0.05, 0.1) is 18.2 Å². The predicted molar refractivity (Wildman–Crippen MR) is 172 cm³/mol. The lowest BCUT2D eigenvalue weighted by Crippen LogP contribution is -2.62. The number of piperidine rings is 1. The summed E-state index contributed by atoms with van der Waals surface area (Å²) in [4.78, 5) is 80.0. The zero-order valence-electron chi connectivity index (χ0n) is 29.2. The highest BCUT2D eigenvalue weighted by molar-refractivity contribution is 6.38. The maximum Gasteiger partial charge on any atom is 0.508 e. The van der Waals surface area contributed by atoms with Crippen molar-refractivity contribution in [2.75, 3.05) is 19.7 Å². The summed E-state index contributed by atoms with van der Waals surface area (Å²) < 4.78 is 10.2. The number of hydrogen-bond donors (Lipinski definition) is 4. The average molecular weight is 650 g/mol. The van der Waals surface area contributed by atoms with E-state index >= 15 is 0 Å². The summed E-state index contributed by atoms with van der Waals surface area (Å²) in [6.07, 6.45) is 1.06. The van der Waals surface area contributed by atoms with Gasteiger partial charge in [0.25, 0.3) is 5.91 Å². The molecule has 2 aliphatic rings. The zero-order valence-corrected chi connectivity index (χ0v) is 29.2. The number of hydrogen-bond acceptors (Lipinski definition) is 8. The molecule has 1 unspecified atom stereocenters. The second kappa shape index (κ2) is 15.8. The molecule has 13 nitrogen and oxygen atoms in total. The highest BCUT2D eigenvalue weighted by Crippen LogP contribution is 2.65. The van der Waals surface area contributed by atoms with E-state index in [-0.39, 0.29) is 48.8 Å². The second-order valence-electron chi connectivity index (χ2n) is 14.6. The van der Waals surface area contributed by atoms with Crippen LogP contribution in [0.25, 0.3) is 0 Å². The van der Waals surface area contributed by atoms with Crippen LogP contribution in [-0.4, -0.2) is 90.6 Å². The molecule has 0 spiro atoms. The molecule has 4 N–H and O–H groups in total. The van der Waals surface area contributed by atoms with Crippen molar-refractivity contribution in [3.05, 3.63) is 12.7 Å². The van der Waals surface area contributed by atoms with Crippen molar-refractivity contribution in [3.63, 3.8) is 0 Å². The van der Waals surface area contributed by atoms with Crippen molar-refractivity contribution in [3.8, 4) is 0 Å². The lowest BCUT2D eigenvalue weighted by atomic mass is 9.85. The van der Waals surface area contributed by atoms with Gasteiger partial charge in [0.15, 0.2) is 0 Å². The maximum atomic E-state index is 14.2. The number of Topliss-reactive ketones (excluding diaryl/α,β-unsaturated/α-hetero) is 1. The van der Waals surface area contributed by atoms with Crippen LogP contribution in [-0.2, 0) is 28.7 Å². The van der Waals surface area contributed by atoms with Crippen molar-refractivity contribution >= 4 is 35.7 Å². The molecule has 5 amide bonds. The SMILES string of the molecule is C=CCNC(=O)C(=O)C(CCC)NC(=O)[C@@H]1[C@@H]2[C@H](CN1C(=O)[C@@H](NC(=O)N[C@H](COC(=O)OC(C)C)C(C)C)C(C)(C)C)C2(C)C. The lowest BCUT2D eigenvalue weighted by molar-refractivity contribution is -0.145. The number of nitrogens with zero attached hydrogens (tertiary/aromatic N) is 1. The molecule has 13 heteroatoms. The molecule has 0 aromatic carbocycles. The molecule has 46 heavy (non-hydrogen) atoms. The van der Waals surface area contributed by atoms with Gasteiger partial charge in [-0.25, -0.2) is 9.59 Å². The van der Waals surface area contributed by atoms with Gasteiger partial charge in [-0.05, 0) is 48.9 Å². The zero-order chi connectivity index (χ0) is 35.1. The molecule has 1 aliphatic heterocycles. The number of urea groups is 1. The van der Waals surface area contributed by atoms with Crippen molar-refractivity contribution < 1.29 is 38.2 Å². The molecule has 0 radical (unpaired) electrons. The van der Waals surface area contributed by atoms with Gasteiger partial charge in [0, 0.05) is 13.1 Å². The summed E-state index contributed by atoms with van der Waals surface area (Å²) >= 11 is 0. The van der Waals surface area contributed by atoms with Crippen molar-refractivity contribution in [1.82, 2.24) is 26.2 Å². The second-order valence-corrected chi connectivity index (χ2v) is 14.6. The van der Waals surface area contributed by atoms with Crippen LogP contribution < -0.4 is 21.3 Å². The molecule has 1 aliphatic carbocycles. The molecule has 0 bridgehead atoms. The van der Waals surface area contributed by atoms with Crippen LogP contribution in [0.1, 0.15) is 82.1 Å². The average Bonchev–Trinajstić information content (AvgIpc) is 3.26. The van der Waals surface area contributed by atoms with Crippen LogP contribution in [0.5, 0.6) is 0 Å². The molecular formula is C33H55N5O8. The van der Waals surface area contributed by atoms with E-state index in [2.05, 4.69) is 27.8 Å². The quantitative estimate of drug-likeness (QED) is 0.119. The Balaban J connectivity index is 2.25. The summed E-state index contributed by atoms with van der Waals surface area (Å²) in [5, 5.41) is 10.8. The molecule has 260 valence electrons. The largest absolute Gasteiger partial charge is 0.508 e. The fourth-order valence-electron chi connectivity index (χ4n) is 5.98. The van der Waals surface area contributed by atoms with Crippen LogP contribution in [0.2, 0.25) is 0 Å². The summed E-state index contributed by atoms with van der Waals surface area (Å²) in [6.45, 7) is 22.3. The van der Waals surface area contributed by atoms with Gasteiger partial charge >= 0.3 is 12.2 Å².